The van der Waals surface area contributed by atoms with E-state index in [-0.39, 0.29) is 0 Å². The molecule has 0 atom stereocenters. The highest BCUT2D eigenvalue weighted by Gasteiger charge is 2.09. The maximum Gasteiger partial charge on any atom is 0.323 e. The van der Waals surface area contributed by atoms with Gasteiger partial charge in [-0.2, -0.15) is 0 Å². The minimum atomic E-state index is -0.393. The summed E-state index contributed by atoms with van der Waals surface area (Å²) in [6.45, 7) is 5.84. The largest absolute Gasteiger partial charge is 0.438 e. The minimum Gasteiger partial charge on any atom is -0.438 e. The maximum atomic E-state index is 12.2. The molecule has 0 saturated heterocycles. The Labute approximate surface area is 190 Å². The van der Waals surface area contributed by atoms with Gasteiger partial charge in [0.15, 0.2) is 5.82 Å². The van der Waals surface area contributed by atoms with Crippen LogP contribution in [-0.4, -0.2) is 25.8 Å². The number of nitrogens with zero attached hydrogens (tertiary/aromatic N) is 4. The van der Waals surface area contributed by atoms with Gasteiger partial charge in [0.25, 0.3) is 0 Å². The molecule has 4 aromatic rings. The van der Waals surface area contributed by atoms with Gasteiger partial charge < -0.3 is 15.4 Å². The van der Waals surface area contributed by atoms with Gasteiger partial charge in [-0.05, 0) is 68.8 Å². The molecule has 4 rings (SSSR count). The molecule has 2 aromatic carbocycles. The fourth-order valence-electron chi connectivity index (χ4n) is 2.96. The van der Waals surface area contributed by atoms with Crippen LogP contribution in [0.4, 0.5) is 16.2 Å². The number of hydrogen-bond acceptors (Lipinski definition) is 5. The first-order chi connectivity index (χ1) is 15.4. The van der Waals surface area contributed by atoms with Crippen LogP contribution in [0.15, 0.2) is 60.9 Å². The number of hydrogen-bond donors (Lipinski definition) is 2. The molecular formula is C23H21ClN6O2. The van der Waals surface area contributed by atoms with Crippen molar-refractivity contribution in [3.8, 4) is 17.4 Å². The van der Waals surface area contributed by atoms with Gasteiger partial charge in [0.2, 0.25) is 5.88 Å². The van der Waals surface area contributed by atoms with Gasteiger partial charge in [-0.3, -0.25) is 4.57 Å². The molecule has 162 valence electrons. The predicted molar refractivity (Wildman–Crippen MR) is 124 cm³/mol. The molecule has 0 unspecified atom stereocenters. The van der Waals surface area contributed by atoms with Crippen LogP contribution in [0.3, 0.4) is 0 Å². The number of halogens is 1. The van der Waals surface area contributed by atoms with E-state index < -0.39 is 6.03 Å². The molecule has 0 fully saturated rings. The van der Waals surface area contributed by atoms with Gasteiger partial charge >= 0.3 is 6.03 Å². The number of imidazole rings is 1. The average molecular weight is 449 g/mol. The summed E-state index contributed by atoms with van der Waals surface area (Å²) < 4.78 is 7.61. The molecule has 8 nitrogen and oxygen atoms in total. The van der Waals surface area contributed by atoms with E-state index in [2.05, 4.69) is 25.8 Å². The predicted octanol–water partition coefficient (Wildman–Crippen LogP) is 5.68. The van der Waals surface area contributed by atoms with Gasteiger partial charge in [-0.15, -0.1) is 10.2 Å². The molecule has 0 aliphatic carbocycles. The van der Waals surface area contributed by atoms with E-state index in [1.54, 1.807) is 48.8 Å². The van der Waals surface area contributed by atoms with E-state index in [0.29, 0.717) is 33.8 Å². The van der Waals surface area contributed by atoms with E-state index >= 15 is 0 Å². The Morgan fingerprint density at radius 2 is 1.75 bits per heavy atom. The Morgan fingerprint density at radius 1 is 0.969 bits per heavy atom. The van der Waals surface area contributed by atoms with Gasteiger partial charge in [-0.1, -0.05) is 17.7 Å². The van der Waals surface area contributed by atoms with Gasteiger partial charge in [0.1, 0.15) is 12.1 Å². The number of nitrogens with one attached hydrogen (secondary N) is 2. The third-order valence-electron chi connectivity index (χ3n) is 4.83. The van der Waals surface area contributed by atoms with Crippen molar-refractivity contribution in [3.05, 3.63) is 82.9 Å². The van der Waals surface area contributed by atoms with Gasteiger partial charge in [0, 0.05) is 17.4 Å². The van der Waals surface area contributed by atoms with Crippen LogP contribution in [0.25, 0.3) is 5.82 Å². The summed E-state index contributed by atoms with van der Waals surface area (Å²) in [5, 5.41) is 14.3. The highest BCUT2D eigenvalue weighted by atomic mass is 35.5. The highest BCUT2D eigenvalue weighted by molar-refractivity contribution is 6.33. The molecule has 2 amide bonds. The Kier molecular flexibility index (Phi) is 6.04. The van der Waals surface area contributed by atoms with Crippen LogP contribution in [0.2, 0.25) is 5.02 Å². The van der Waals surface area contributed by atoms with E-state index in [0.717, 1.165) is 17.0 Å². The molecule has 2 N–H and O–H groups in total. The number of aryl methyl sites for hydroxylation is 2. The lowest BCUT2D eigenvalue weighted by molar-refractivity contribution is 0.262. The molecule has 0 aliphatic heterocycles. The summed E-state index contributed by atoms with van der Waals surface area (Å²) in [5.74, 6) is 1.58. The summed E-state index contributed by atoms with van der Waals surface area (Å²) in [5.41, 5.74) is 4.10. The van der Waals surface area contributed by atoms with Crippen LogP contribution in [-0.2, 0) is 0 Å². The quantitative estimate of drug-likeness (QED) is 0.409. The average Bonchev–Trinajstić information content (AvgIpc) is 3.10. The first-order valence-corrected chi connectivity index (χ1v) is 10.2. The number of ether oxygens (including phenoxy) is 1. The molecule has 32 heavy (non-hydrogen) atoms. The second kappa shape index (κ2) is 9.07. The molecule has 9 heteroatoms. The molecule has 2 heterocycles. The second-order valence-electron chi connectivity index (χ2n) is 7.20. The zero-order valence-corrected chi connectivity index (χ0v) is 18.5. The third kappa shape index (κ3) is 4.87. The number of benzene rings is 2. The van der Waals surface area contributed by atoms with Crippen molar-refractivity contribution in [2.24, 2.45) is 0 Å². The number of carbonyl (C=O) groups excluding carboxylic acids is 1. The smallest absolute Gasteiger partial charge is 0.323 e. The summed E-state index contributed by atoms with van der Waals surface area (Å²) in [6, 6.07) is 15.5. The van der Waals surface area contributed by atoms with Crippen molar-refractivity contribution in [2.45, 2.75) is 20.8 Å². The van der Waals surface area contributed by atoms with Crippen molar-refractivity contribution in [3.63, 3.8) is 0 Å². The Bertz CT molecular complexity index is 1250. The third-order valence-corrected chi connectivity index (χ3v) is 5.14. The number of carbonyl (C=O) groups is 1. The molecule has 0 saturated carbocycles. The summed E-state index contributed by atoms with van der Waals surface area (Å²) >= 11 is 6.15. The second-order valence-corrected chi connectivity index (χ2v) is 7.61. The van der Waals surface area contributed by atoms with Crippen molar-refractivity contribution >= 4 is 29.0 Å². The van der Waals surface area contributed by atoms with E-state index in [1.807, 2.05) is 37.5 Å². The lowest BCUT2D eigenvalue weighted by Crippen LogP contribution is -2.19. The Balaban J connectivity index is 1.36. The van der Waals surface area contributed by atoms with E-state index in [1.165, 1.54) is 0 Å². The molecule has 0 bridgehead atoms. The van der Waals surface area contributed by atoms with Crippen molar-refractivity contribution < 1.29 is 9.53 Å². The normalized spacial score (nSPS) is 10.6. The Morgan fingerprint density at radius 3 is 2.38 bits per heavy atom. The van der Waals surface area contributed by atoms with Crippen molar-refractivity contribution in [1.29, 1.82) is 0 Å². The number of aromatic nitrogens is 4. The highest BCUT2D eigenvalue weighted by Crippen LogP contribution is 2.24. The molecule has 0 spiro atoms. The first-order valence-electron chi connectivity index (χ1n) is 9.86. The topological polar surface area (TPSA) is 94.0 Å². The van der Waals surface area contributed by atoms with Crippen LogP contribution >= 0.6 is 11.6 Å². The van der Waals surface area contributed by atoms with Crippen LogP contribution in [0.1, 0.15) is 17.0 Å². The van der Waals surface area contributed by atoms with Gasteiger partial charge in [0.05, 0.1) is 16.4 Å². The Hall–Kier alpha value is -3.91. The first kappa shape index (κ1) is 21.3. The maximum absolute atomic E-state index is 12.2. The summed E-state index contributed by atoms with van der Waals surface area (Å²) in [4.78, 5) is 16.5. The molecule has 2 aromatic heterocycles. The molecule has 0 aliphatic rings. The summed E-state index contributed by atoms with van der Waals surface area (Å²) in [6.07, 6.45) is 1.71. The lowest BCUT2D eigenvalue weighted by atomic mass is 10.2. The van der Waals surface area contributed by atoms with Crippen LogP contribution in [0.5, 0.6) is 11.6 Å². The number of rotatable bonds is 5. The fourth-order valence-corrected chi connectivity index (χ4v) is 3.24. The number of amides is 2. The van der Waals surface area contributed by atoms with E-state index in [9.17, 15) is 4.79 Å². The standard InChI is InChI=1S/C23H21ClN6O2/c1-14-4-9-20(19(24)12-14)27-23(31)26-17-5-7-18(8-6-17)32-22-11-10-21(28-29-22)30-13-25-15(2)16(30)3/h4-13H,1-3H3,(H2,26,27,31). The summed E-state index contributed by atoms with van der Waals surface area (Å²) in [7, 11) is 0. The number of urea groups is 1. The molecule has 0 radical (unpaired) electrons. The van der Waals surface area contributed by atoms with Crippen molar-refractivity contribution in [2.75, 3.05) is 10.6 Å². The van der Waals surface area contributed by atoms with Gasteiger partial charge in [-0.25, -0.2) is 9.78 Å². The minimum absolute atomic E-state index is 0.357. The van der Waals surface area contributed by atoms with E-state index in [4.69, 9.17) is 16.3 Å². The SMILES string of the molecule is Cc1ccc(NC(=O)Nc2ccc(Oc3ccc(-n4cnc(C)c4C)nn3)cc2)c(Cl)c1. The fraction of sp³-hybridized carbons (Fsp3) is 0.130. The van der Waals surface area contributed by atoms with Crippen LogP contribution < -0.4 is 15.4 Å². The monoisotopic (exact) mass is 448 g/mol. The lowest BCUT2D eigenvalue weighted by Gasteiger charge is -2.10. The molecular weight excluding hydrogens is 428 g/mol. The zero-order chi connectivity index (χ0) is 22.7. The zero-order valence-electron chi connectivity index (χ0n) is 17.8. The number of anilines is 2. The van der Waals surface area contributed by atoms with Crippen molar-refractivity contribution in [1.82, 2.24) is 19.7 Å². The van der Waals surface area contributed by atoms with Crippen LogP contribution in [0, 0.1) is 20.8 Å².